The number of halogens is 4. The van der Waals surface area contributed by atoms with E-state index < -0.39 is 59.5 Å². The maximum atomic E-state index is 14.9. The van der Waals surface area contributed by atoms with Crippen LogP contribution < -0.4 is 10.8 Å². The molecule has 0 aliphatic carbocycles. The molecule has 0 atom stereocenters. The van der Waals surface area contributed by atoms with E-state index in [1.165, 1.54) is 12.1 Å². The molecule has 2 aromatic carbocycles. The summed E-state index contributed by atoms with van der Waals surface area (Å²) in [5, 5.41) is 32.5. The van der Waals surface area contributed by atoms with Crippen molar-refractivity contribution in [2.75, 3.05) is 31.7 Å². The molecule has 5 N–H and O–H groups in total. The first kappa shape index (κ1) is 25.8. The zero-order valence-corrected chi connectivity index (χ0v) is 18.5. The number of oxime groups is 1. The van der Waals surface area contributed by atoms with Gasteiger partial charge in [-0.1, -0.05) is 5.16 Å². The van der Waals surface area contributed by atoms with Crippen molar-refractivity contribution in [3.8, 4) is 0 Å². The Morgan fingerprint density at radius 2 is 1.88 bits per heavy atom. The maximum Gasteiger partial charge on any atom is 0.277 e. The Hall–Kier alpha value is -2.46. The molecular formula is C19H19F3IN3O6. The molecule has 0 bridgehead atoms. The summed E-state index contributed by atoms with van der Waals surface area (Å²) < 4.78 is 44.2. The lowest BCUT2D eigenvalue weighted by Gasteiger charge is -2.17. The number of benzene rings is 2. The summed E-state index contributed by atoms with van der Waals surface area (Å²) >= 11 is 1.86. The zero-order chi connectivity index (χ0) is 23.7. The Labute approximate surface area is 193 Å². The van der Waals surface area contributed by atoms with Gasteiger partial charge in [-0.2, -0.15) is 0 Å². The minimum atomic E-state index is -1.51. The molecule has 2 rings (SSSR count). The van der Waals surface area contributed by atoms with E-state index in [2.05, 4.69) is 15.3 Å². The first-order valence-electron chi connectivity index (χ1n) is 9.00. The van der Waals surface area contributed by atoms with E-state index >= 15 is 0 Å². The van der Waals surface area contributed by atoms with Crippen molar-refractivity contribution < 1.29 is 43.0 Å². The van der Waals surface area contributed by atoms with Gasteiger partial charge in [0.05, 0.1) is 43.0 Å². The summed E-state index contributed by atoms with van der Waals surface area (Å²) in [6, 6.07) is 4.84. The van der Waals surface area contributed by atoms with Crippen molar-refractivity contribution in [1.29, 1.82) is 0 Å². The van der Waals surface area contributed by atoms with Gasteiger partial charge in [-0.3, -0.25) is 9.63 Å². The van der Waals surface area contributed by atoms with Crippen LogP contribution in [0.3, 0.4) is 0 Å². The number of rotatable bonds is 11. The van der Waals surface area contributed by atoms with Crippen LogP contribution in [0.5, 0.6) is 0 Å². The summed E-state index contributed by atoms with van der Waals surface area (Å²) in [5.41, 5.74) is 0.00358. The summed E-state index contributed by atoms with van der Waals surface area (Å²) in [6.45, 7) is -1.82. The molecule has 9 nitrogen and oxygen atoms in total. The van der Waals surface area contributed by atoms with E-state index in [1.807, 2.05) is 28.1 Å². The molecule has 1 amide bonds. The Kier molecular flexibility index (Phi) is 10.1. The number of nitrogens with zero attached hydrogens (tertiary/aromatic N) is 1. The largest absolute Gasteiger partial charge is 0.393 e. The Bertz CT molecular complexity index is 976. The summed E-state index contributed by atoms with van der Waals surface area (Å²) in [7, 11) is 0. The second-order valence-electron chi connectivity index (χ2n) is 6.09. The van der Waals surface area contributed by atoms with Crippen LogP contribution in [0.25, 0.3) is 0 Å². The number of anilines is 2. The third-order valence-electron chi connectivity index (χ3n) is 3.84. The molecule has 0 aliphatic heterocycles. The quantitative estimate of drug-likeness (QED) is 0.121. The Morgan fingerprint density at radius 1 is 1.16 bits per heavy atom. The van der Waals surface area contributed by atoms with Crippen LogP contribution in [0.1, 0.15) is 15.9 Å². The molecule has 0 unspecified atom stereocenters. The minimum absolute atomic E-state index is 0.197. The Balaban J connectivity index is 2.47. The van der Waals surface area contributed by atoms with Gasteiger partial charge < -0.3 is 25.5 Å². The summed E-state index contributed by atoms with van der Waals surface area (Å²) in [4.78, 5) is 22.0. The van der Waals surface area contributed by atoms with Gasteiger partial charge in [0.25, 0.3) is 5.91 Å². The molecule has 0 aromatic heterocycles. The minimum Gasteiger partial charge on any atom is -0.393 e. The average Bonchev–Trinajstić information content (AvgIpc) is 2.77. The zero-order valence-electron chi connectivity index (χ0n) is 16.3. The number of carbonyl (C=O) groups is 1. The van der Waals surface area contributed by atoms with Gasteiger partial charge in [0.2, 0.25) is 0 Å². The summed E-state index contributed by atoms with van der Waals surface area (Å²) in [5.74, 6) is -4.78. The molecule has 13 heteroatoms. The van der Waals surface area contributed by atoms with Crippen molar-refractivity contribution >= 4 is 46.1 Å². The number of hydrogen-bond acceptors (Lipinski definition) is 8. The molecule has 2 aromatic rings. The number of hydroxylamine groups is 1. The number of carbonyl (C=O) groups excluding carboxylic acids is 1. The maximum absolute atomic E-state index is 14.9. The molecule has 0 saturated carbocycles. The molecule has 32 heavy (non-hydrogen) atoms. The second kappa shape index (κ2) is 12.5. The fraction of sp³-hybridized carbons (Fsp3) is 0.263. The summed E-state index contributed by atoms with van der Waals surface area (Å²) in [6.07, 6.45) is -0.382. The van der Waals surface area contributed by atoms with Gasteiger partial charge in [0.1, 0.15) is 18.5 Å². The van der Waals surface area contributed by atoms with E-state index in [4.69, 9.17) is 20.2 Å². The fourth-order valence-electron chi connectivity index (χ4n) is 2.28. The lowest BCUT2D eigenvalue weighted by atomic mass is 10.1. The second-order valence-corrected chi connectivity index (χ2v) is 7.34. The smallest absolute Gasteiger partial charge is 0.277 e. The van der Waals surface area contributed by atoms with E-state index in [0.29, 0.717) is 3.57 Å². The SMILES string of the molecule is O=C(NOC(CO)CO)c1cc(/C=N/OCCO)c(F)c(F)c1Nc1ccc(I)cc1F. The van der Waals surface area contributed by atoms with Crippen LogP contribution in [0, 0.1) is 21.0 Å². The van der Waals surface area contributed by atoms with Crippen LogP contribution in [0.2, 0.25) is 0 Å². The third-order valence-corrected chi connectivity index (χ3v) is 4.52. The van der Waals surface area contributed by atoms with E-state index in [1.54, 1.807) is 0 Å². The molecule has 174 valence electrons. The average molecular weight is 569 g/mol. The monoisotopic (exact) mass is 569 g/mol. The number of aliphatic hydroxyl groups is 3. The Morgan fingerprint density at radius 3 is 2.50 bits per heavy atom. The molecule has 0 spiro atoms. The third kappa shape index (κ3) is 6.77. The normalized spacial score (nSPS) is 11.2. The highest BCUT2D eigenvalue weighted by Gasteiger charge is 2.24. The number of hydrogen-bond donors (Lipinski definition) is 5. The van der Waals surface area contributed by atoms with Crippen LogP contribution in [0.4, 0.5) is 24.5 Å². The van der Waals surface area contributed by atoms with Crippen molar-refractivity contribution in [3.63, 3.8) is 0 Å². The molecule has 0 heterocycles. The van der Waals surface area contributed by atoms with Crippen LogP contribution in [-0.2, 0) is 9.68 Å². The fourth-order valence-corrected chi connectivity index (χ4v) is 2.73. The molecule has 0 fully saturated rings. The number of aliphatic hydroxyl groups excluding tert-OH is 3. The molecule has 0 radical (unpaired) electrons. The lowest BCUT2D eigenvalue weighted by molar-refractivity contribution is -0.0618. The number of amides is 1. The van der Waals surface area contributed by atoms with Crippen LogP contribution in [0.15, 0.2) is 29.4 Å². The van der Waals surface area contributed by atoms with Crippen LogP contribution in [-0.4, -0.2) is 60.0 Å². The standard InChI is InChI=1S/C19H19F3IN3O6/c20-14-6-11(23)1-2-15(14)25-18-13(19(30)26-32-12(8-28)9-29)5-10(16(21)17(18)22)7-24-31-4-3-27/h1-2,5-7,12,25,27-29H,3-4,8-9H2,(H,26,30)/b24-7+. The van der Waals surface area contributed by atoms with Gasteiger partial charge in [-0.05, 0) is 46.9 Å². The molecular weight excluding hydrogens is 550 g/mol. The van der Waals surface area contributed by atoms with Crippen molar-refractivity contribution in [2.24, 2.45) is 5.16 Å². The topological polar surface area (TPSA) is 133 Å². The van der Waals surface area contributed by atoms with Gasteiger partial charge >= 0.3 is 0 Å². The highest BCUT2D eigenvalue weighted by atomic mass is 127. The lowest BCUT2D eigenvalue weighted by Crippen LogP contribution is -2.34. The predicted molar refractivity (Wildman–Crippen MR) is 116 cm³/mol. The van der Waals surface area contributed by atoms with Crippen molar-refractivity contribution in [1.82, 2.24) is 5.48 Å². The van der Waals surface area contributed by atoms with E-state index in [9.17, 15) is 18.0 Å². The highest BCUT2D eigenvalue weighted by molar-refractivity contribution is 14.1. The predicted octanol–water partition coefficient (Wildman–Crippen LogP) is 1.81. The number of nitrogens with one attached hydrogen (secondary N) is 2. The highest BCUT2D eigenvalue weighted by Crippen LogP contribution is 2.30. The first-order valence-corrected chi connectivity index (χ1v) is 10.1. The van der Waals surface area contributed by atoms with Gasteiger partial charge in [0.15, 0.2) is 11.6 Å². The van der Waals surface area contributed by atoms with E-state index in [0.717, 1.165) is 18.3 Å². The van der Waals surface area contributed by atoms with Crippen molar-refractivity contribution in [3.05, 3.63) is 56.4 Å². The first-order chi connectivity index (χ1) is 15.3. The van der Waals surface area contributed by atoms with Gasteiger partial charge in [-0.15, -0.1) is 0 Å². The van der Waals surface area contributed by atoms with E-state index in [-0.39, 0.29) is 18.9 Å². The molecule has 0 saturated heterocycles. The molecule has 0 aliphatic rings. The van der Waals surface area contributed by atoms with Crippen LogP contribution >= 0.6 is 22.6 Å². The van der Waals surface area contributed by atoms with Gasteiger partial charge in [0, 0.05) is 9.13 Å². The van der Waals surface area contributed by atoms with Crippen molar-refractivity contribution in [2.45, 2.75) is 6.10 Å². The van der Waals surface area contributed by atoms with Gasteiger partial charge in [-0.25, -0.2) is 18.7 Å².